The molecule has 0 saturated heterocycles. The quantitative estimate of drug-likeness (QED) is 0.302. The highest BCUT2D eigenvalue weighted by Gasteiger charge is 2.18. The molecule has 28 heavy (non-hydrogen) atoms. The summed E-state index contributed by atoms with van der Waals surface area (Å²) in [6, 6.07) is 12.1. The molecule has 4 nitrogen and oxygen atoms in total. The van der Waals surface area contributed by atoms with Gasteiger partial charge >= 0.3 is 0 Å². The Morgan fingerprint density at radius 1 is 0.607 bits per heavy atom. The van der Waals surface area contributed by atoms with Crippen molar-refractivity contribution in [1.29, 1.82) is 0 Å². The van der Waals surface area contributed by atoms with Gasteiger partial charge in [-0.1, -0.05) is 26.7 Å². The second-order valence-corrected chi connectivity index (χ2v) is 6.89. The molecule has 3 aromatic rings. The lowest BCUT2D eigenvalue weighted by atomic mass is 9.99. The minimum absolute atomic E-state index is 0.681. The summed E-state index contributed by atoms with van der Waals surface area (Å²) in [5.74, 6) is 3.37. The first-order valence-corrected chi connectivity index (χ1v) is 10.1. The molecule has 3 aromatic carbocycles. The van der Waals surface area contributed by atoms with Crippen LogP contribution in [0.5, 0.6) is 23.0 Å². The molecule has 0 aliphatic heterocycles. The maximum atomic E-state index is 6.27. The zero-order valence-corrected chi connectivity index (χ0v) is 17.3. The molecule has 0 heterocycles. The summed E-state index contributed by atoms with van der Waals surface area (Å²) in [5, 5.41) is 4.09. The van der Waals surface area contributed by atoms with Crippen LogP contribution < -0.4 is 18.9 Å². The van der Waals surface area contributed by atoms with Crippen LogP contribution in [0.15, 0.2) is 36.4 Å². The van der Waals surface area contributed by atoms with Crippen LogP contribution in [-0.4, -0.2) is 27.4 Å². The van der Waals surface area contributed by atoms with Gasteiger partial charge in [0.1, 0.15) is 23.0 Å². The number of benzene rings is 3. The molecule has 0 atom stereocenters. The lowest BCUT2D eigenvalue weighted by Gasteiger charge is -2.19. The molecule has 0 unspecified atom stereocenters. The van der Waals surface area contributed by atoms with Crippen LogP contribution in [0, 0.1) is 0 Å². The second-order valence-electron chi connectivity index (χ2n) is 6.89. The Bertz CT molecular complexity index is 855. The topological polar surface area (TPSA) is 36.9 Å². The van der Waals surface area contributed by atoms with E-state index in [9.17, 15) is 0 Å². The largest absolute Gasteiger partial charge is 0.497 e. The lowest BCUT2D eigenvalue weighted by Crippen LogP contribution is -2.02. The van der Waals surface area contributed by atoms with Gasteiger partial charge in [0, 0.05) is 21.5 Å². The van der Waals surface area contributed by atoms with E-state index in [2.05, 4.69) is 26.0 Å². The second kappa shape index (κ2) is 9.54. The van der Waals surface area contributed by atoms with E-state index in [-0.39, 0.29) is 0 Å². The highest BCUT2D eigenvalue weighted by Crippen LogP contribution is 2.45. The minimum atomic E-state index is 0.681. The molecule has 0 saturated carbocycles. The van der Waals surface area contributed by atoms with Crippen LogP contribution in [0.2, 0.25) is 0 Å². The van der Waals surface area contributed by atoms with Gasteiger partial charge in [0.25, 0.3) is 0 Å². The van der Waals surface area contributed by atoms with E-state index in [0.29, 0.717) is 13.2 Å². The van der Waals surface area contributed by atoms with Crippen LogP contribution >= 0.6 is 0 Å². The fraction of sp³-hybridized carbons (Fsp3) is 0.417. The molecular formula is C24H30O4. The highest BCUT2D eigenvalue weighted by molar-refractivity contribution is 6.11. The number of rotatable bonds is 10. The summed E-state index contributed by atoms with van der Waals surface area (Å²) in [7, 11) is 3.37. The van der Waals surface area contributed by atoms with Crippen molar-refractivity contribution >= 4 is 21.5 Å². The van der Waals surface area contributed by atoms with Crippen molar-refractivity contribution in [1.82, 2.24) is 0 Å². The zero-order valence-electron chi connectivity index (χ0n) is 17.3. The summed E-state index contributed by atoms with van der Waals surface area (Å²) >= 11 is 0. The van der Waals surface area contributed by atoms with E-state index >= 15 is 0 Å². The molecule has 0 aliphatic carbocycles. The summed E-state index contributed by atoms with van der Waals surface area (Å²) in [6.07, 6.45) is 4.20. The highest BCUT2D eigenvalue weighted by atomic mass is 16.5. The molecule has 0 spiro atoms. The van der Waals surface area contributed by atoms with Gasteiger partial charge in [-0.3, -0.25) is 0 Å². The van der Waals surface area contributed by atoms with Crippen molar-refractivity contribution in [3.05, 3.63) is 36.4 Å². The molecule has 3 rings (SSSR count). The van der Waals surface area contributed by atoms with Gasteiger partial charge in [0.2, 0.25) is 0 Å². The van der Waals surface area contributed by atoms with E-state index in [1.165, 1.54) is 0 Å². The number of unbranched alkanes of at least 4 members (excludes halogenated alkanes) is 2. The van der Waals surface area contributed by atoms with E-state index < -0.39 is 0 Å². The van der Waals surface area contributed by atoms with E-state index in [0.717, 1.165) is 70.2 Å². The standard InChI is InChI=1S/C24H30O4/c1-5-7-13-27-23-19-11-9-18(26-4)16-22(19)24(28-14-8-6-2)20-12-10-17(25-3)15-21(20)23/h9-12,15-16H,5-8,13-14H2,1-4H3. The van der Waals surface area contributed by atoms with Gasteiger partial charge in [-0.05, 0) is 49.2 Å². The van der Waals surface area contributed by atoms with Crippen molar-refractivity contribution in [2.24, 2.45) is 0 Å². The van der Waals surface area contributed by atoms with Gasteiger partial charge < -0.3 is 18.9 Å². The Morgan fingerprint density at radius 2 is 1.04 bits per heavy atom. The summed E-state index contributed by atoms with van der Waals surface area (Å²) in [5.41, 5.74) is 0. The third-order valence-corrected chi connectivity index (χ3v) is 4.92. The molecular weight excluding hydrogens is 352 g/mol. The third-order valence-electron chi connectivity index (χ3n) is 4.92. The smallest absolute Gasteiger partial charge is 0.135 e. The molecule has 4 heteroatoms. The number of fused-ring (bicyclic) bond motifs is 2. The Labute approximate surface area is 167 Å². The number of hydrogen-bond donors (Lipinski definition) is 0. The van der Waals surface area contributed by atoms with Crippen molar-refractivity contribution in [2.75, 3.05) is 27.4 Å². The average Bonchev–Trinajstić information content (AvgIpc) is 2.74. The van der Waals surface area contributed by atoms with E-state index in [1.54, 1.807) is 14.2 Å². The van der Waals surface area contributed by atoms with Crippen molar-refractivity contribution in [3.63, 3.8) is 0 Å². The van der Waals surface area contributed by atoms with Crippen LogP contribution in [0.25, 0.3) is 21.5 Å². The number of ether oxygens (including phenoxy) is 4. The minimum Gasteiger partial charge on any atom is -0.497 e. The van der Waals surface area contributed by atoms with Gasteiger partial charge in [-0.25, -0.2) is 0 Å². The van der Waals surface area contributed by atoms with Crippen LogP contribution in [0.4, 0.5) is 0 Å². The van der Waals surface area contributed by atoms with Crippen molar-refractivity contribution < 1.29 is 18.9 Å². The molecule has 0 fully saturated rings. The fourth-order valence-corrected chi connectivity index (χ4v) is 3.31. The fourth-order valence-electron chi connectivity index (χ4n) is 3.31. The number of methoxy groups -OCH3 is 2. The molecule has 0 amide bonds. The predicted octanol–water partition coefficient (Wildman–Crippen LogP) is 6.37. The predicted molar refractivity (Wildman–Crippen MR) is 115 cm³/mol. The van der Waals surface area contributed by atoms with Crippen LogP contribution in [-0.2, 0) is 0 Å². The van der Waals surface area contributed by atoms with Crippen LogP contribution in [0.1, 0.15) is 39.5 Å². The molecule has 150 valence electrons. The Kier molecular flexibility index (Phi) is 6.85. The first-order valence-electron chi connectivity index (χ1n) is 10.1. The Hall–Kier alpha value is -2.62. The molecule has 0 aromatic heterocycles. The lowest BCUT2D eigenvalue weighted by molar-refractivity contribution is 0.311. The first kappa shape index (κ1) is 20.1. The van der Waals surface area contributed by atoms with Crippen molar-refractivity contribution in [3.8, 4) is 23.0 Å². The maximum absolute atomic E-state index is 6.27. The van der Waals surface area contributed by atoms with E-state index in [4.69, 9.17) is 18.9 Å². The zero-order chi connectivity index (χ0) is 19.9. The Morgan fingerprint density at radius 3 is 1.39 bits per heavy atom. The SMILES string of the molecule is CCCCOc1c2ccc(OC)cc2c(OCCCC)c2ccc(OC)cc12. The summed E-state index contributed by atoms with van der Waals surface area (Å²) < 4.78 is 23.5. The molecule has 0 aliphatic rings. The summed E-state index contributed by atoms with van der Waals surface area (Å²) in [4.78, 5) is 0. The van der Waals surface area contributed by atoms with E-state index in [1.807, 2.05) is 24.3 Å². The maximum Gasteiger partial charge on any atom is 0.135 e. The summed E-state index contributed by atoms with van der Waals surface area (Å²) in [6.45, 7) is 5.69. The average molecular weight is 383 g/mol. The normalized spacial score (nSPS) is 11.0. The molecule has 0 N–H and O–H groups in total. The third kappa shape index (κ3) is 4.11. The van der Waals surface area contributed by atoms with Gasteiger partial charge in [-0.15, -0.1) is 0 Å². The molecule has 0 radical (unpaired) electrons. The van der Waals surface area contributed by atoms with Gasteiger partial charge in [0.05, 0.1) is 27.4 Å². The Balaban J connectivity index is 2.27. The monoisotopic (exact) mass is 382 g/mol. The first-order chi connectivity index (χ1) is 13.7. The van der Waals surface area contributed by atoms with Crippen molar-refractivity contribution in [2.45, 2.75) is 39.5 Å². The van der Waals surface area contributed by atoms with Crippen LogP contribution in [0.3, 0.4) is 0 Å². The molecule has 0 bridgehead atoms. The van der Waals surface area contributed by atoms with Gasteiger partial charge in [-0.2, -0.15) is 0 Å². The van der Waals surface area contributed by atoms with Gasteiger partial charge in [0.15, 0.2) is 0 Å². The number of hydrogen-bond acceptors (Lipinski definition) is 4.